The highest BCUT2D eigenvalue weighted by atomic mass is 19.1. The second-order valence-electron chi connectivity index (χ2n) is 3.85. The predicted molar refractivity (Wildman–Crippen MR) is 66.6 cm³/mol. The number of carbonyl (C=O) groups is 1. The number of nitrogens with two attached hydrogens (primary N) is 1. The number of hydrazine groups is 1. The van der Waals surface area contributed by atoms with E-state index in [0.717, 1.165) is 12.1 Å². The van der Waals surface area contributed by atoms with Gasteiger partial charge in [-0.05, 0) is 24.3 Å². The zero-order valence-electron chi connectivity index (χ0n) is 10.3. The summed E-state index contributed by atoms with van der Waals surface area (Å²) in [5, 5.41) is 0. The van der Waals surface area contributed by atoms with Crippen molar-refractivity contribution in [1.29, 1.82) is 0 Å². The summed E-state index contributed by atoms with van der Waals surface area (Å²) in [6.45, 7) is -0.123. The molecule has 1 aromatic carbocycles. The van der Waals surface area contributed by atoms with Gasteiger partial charge in [0.15, 0.2) is 17.4 Å². The average Bonchev–Trinajstić information content (AvgIpc) is 2.46. The van der Waals surface area contributed by atoms with Crippen LogP contribution in [0.15, 0.2) is 36.5 Å². The van der Waals surface area contributed by atoms with E-state index in [-0.39, 0.29) is 12.2 Å². The van der Waals surface area contributed by atoms with Crippen molar-refractivity contribution in [2.45, 2.75) is 6.61 Å². The lowest BCUT2D eigenvalue weighted by Crippen LogP contribution is -2.30. The van der Waals surface area contributed by atoms with E-state index in [4.69, 9.17) is 10.6 Å². The van der Waals surface area contributed by atoms with Gasteiger partial charge >= 0.3 is 0 Å². The number of carbonyl (C=O) groups excluding carboxylic acids is 1. The van der Waals surface area contributed by atoms with Crippen LogP contribution in [0.4, 0.5) is 8.78 Å². The van der Waals surface area contributed by atoms with Crippen LogP contribution in [0.2, 0.25) is 0 Å². The summed E-state index contributed by atoms with van der Waals surface area (Å²) in [7, 11) is 0. The molecule has 0 aliphatic rings. The van der Waals surface area contributed by atoms with Crippen LogP contribution in [-0.4, -0.2) is 10.9 Å². The Balaban J connectivity index is 2.06. The number of hydrogen-bond acceptors (Lipinski definition) is 4. The minimum Gasteiger partial charge on any atom is -0.481 e. The maximum atomic E-state index is 13.3. The number of pyridine rings is 1. The molecule has 2 rings (SSSR count). The molecule has 0 atom stereocenters. The Bertz CT molecular complexity index is 597. The van der Waals surface area contributed by atoms with Crippen molar-refractivity contribution < 1.29 is 18.3 Å². The highest BCUT2D eigenvalue weighted by molar-refractivity contribution is 5.93. The van der Waals surface area contributed by atoms with Crippen molar-refractivity contribution in [3.05, 3.63) is 59.4 Å². The first kappa shape index (κ1) is 13.9. The van der Waals surface area contributed by atoms with Crippen LogP contribution >= 0.6 is 0 Å². The monoisotopic (exact) mass is 279 g/mol. The summed E-state index contributed by atoms with van der Waals surface area (Å²) in [6, 6.07) is 6.42. The van der Waals surface area contributed by atoms with Gasteiger partial charge in [0.25, 0.3) is 5.91 Å². The fourth-order valence-electron chi connectivity index (χ4n) is 1.49. The molecule has 0 radical (unpaired) electrons. The number of hydrogen-bond donors (Lipinski definition) is 2. The van der Waals surface area contributed by atoms with Gasteiger partial charge in [-0.1, -0.05) is 6.07 Å². The topological polar surface area (TPSA) is 77.2 Å². The first-order valence-electron chi connectivity index (χ1n) is 5.64. The Hall–Kier alpha value is -2.54. The van der Waals surface area contributed by atoms with Crippen LogP contribution in [-0.2, 0) is 6.61 Å². The summed E-state index contributed by atoms with van der Waals surface area (Å²) in [5.41, 5.74) is 2.65. The van der Waals surface area contributed by atoms with Crippen LogP contribution in [0.3, 0.4) is 0 Å². The second-order valence-corrected chi connectivity index (χ2v) is 3.85. The Kier molecular flexibility index (Phi) is 4.21. The van der Waals surface area contributed by atoms with Gasteiger partial charge in [0, 0.05) is 6.20 Å². The van der Waals surface area contributed by atoms with E-state index in [0.29, 0.717) is 5.69 Å². The summed E-state index contributed by atoms with van der Waals surface area (Å²) in [5.74, 6) is 2.46. The maximum Gasteiger partial charge on any atom is 0.266 e. The van der Waals surface area contributed by atoms with E-state index in [1.54, 1.807) is 0 Å². The molecule has 0 aliphatic heterocycles. The number of amides is 1. The minimum atomic E-state index is -0.788. The van der Waals surface area contributed by atoms with Crippen LogP contribution < -0.4 is 16.0 Å². The molecule has 1 heterocycles. The Morgan fingerprint density at radius 2 is 1.95 bits per heavy atom. The molecule has 1 aromatic heterocycles. The molecule has 1 amide bonds. The molecule has 20 heavy (non-hydrogen) atoms. The SMILES string of the molecule is NNC(=O)c1ccc(COc2c(F)cccc2F)nc1. The standard InChI is InChI=1S/C13H11F2N3O2/c14-10-2-1-3-11(15)12(10)20-7-9-5-4-8(6-17-9)13(19)18-16/h1-6H,7,16H2,(H,18,19). The van der Waals surface area contributed by atoms with Crippen molar-refractivity contribution in [2.24, 2.45) is 5.84 Å². The van der Waals surface area contributed by atoms with Crippen molar-refractivity contribution in [1.82, 2.24) is 10.4 Å². The van der Waals surface area contributed by atoms with Crippen molar-refractivity contribution in [3.8, 4) is 5.75 Å². The lowest BCUT2D eigenvalue weighted by atomic mass is 10.2. The molecule has 0 aliphatic carbocycles. The third-order valence-electron chi connectivity index (χ3n) is 2.50. The zero-order valence-corrected chi connectivity index (χ0v) is 10.3. The average molecular weight is 279 g/mol. The highest BCUT2D eigenvalue weighted by Crippen LogP contribution is 2.21. The lowest BCUT2D eigenvalue weighted by Gasteiger charge is -2.08. The smallest absolute Gasteiger partial charge is 0.266 e. The number of nitrogens with zero attached hydrogens (tertiary/aromatic N) is 1. The summed E-state index contributed by atoms with van der Waals surface area (Å²) in [4.78, 5) is 15.1. The van der Waals surface area contributed by atoms with Gasteiger partial charge in [-0.2, -0.15) is 0 Å². The molecular formula is C13H11F2N3O2. The number of aromatic nitrogens is 1. The number of benzene rings is 1. The zero-order chi connectivity index (χ0) is 14.5. The molecule has 7 heteroatoms. The van der Waals surface area contributed by atoms with E-state index in [2.05, 4.69) is 4.98 Å². The second kappa shape index (κ2) is 6.07. The third-order valence-corrected chi connectivity index (χ3v) is 2.50. The summed E-state index contributed by atoms with van der Waals surface area (Å²) in [6.07, 6.45) is 1.29. The summed E-state index contributed by atoms with van der Waals surface area (Å²) < 4.78 is 31.7. The molecule has 0 fully saturated rings. The van der Waals surface area contributed by atoms with Crippen molar-refractivity contribution >= 4 is 5.91 Å². The van der Waals surface area contributed by atoms with E-state index in [9.17, 15) is 13.6 Å². The van der Waals surface area contributed by atoms with E-state index in [1.165, 1.54) is 24.4 Å². The quantitative estimate of drug-likeness (QED) is 0.505. The van der Waals surface area contributed by atoms with Crippen molar-refractivity contribution in [2.75, 3.05) is 0 Å². The Morgan fingerprint density at radius 3 is 2.50 bits per heavy atom. The van der Waals surface area contributed by atoms with Crippen LogP contribution in [0.25, 0.3) is 0 Å². The van der Waals surface area contributed by atoms with E-state index < -0.39 is 23.3 Å². The van der Waals surface area contributed by atoms with Gasteiger partial charge < -0.3 is 4.74 Å². The molecule has 0 saturated carbocycles. The number of halogens is 2. The molecule has 0 bridgehead atoms. The van der Waals surface area contributed by atoms with E-state index in [1.807, 2.05) is 5.43 Å². The van der Waals surface area contributed by atoms with Gasteiger partial charge in [0.05, 0.1) is 11.3 Å². The van der Waals surface area contributed by atoms with Crippen LogP contribution in [0, 0.1) is 11.6 Å². The molecule has 2 aromatic rings. The molecule has 3 N–H and O–H groups in total. The maximum absolute atomic E-state index is 13.3. The van der Waals surface area contributed by atoms with Crippen molar-refractivity contribution in [3.63, 3.8) is 0 Å². The lowest BCUT2D eigenvalue weighted by molar-refractivity contribution is 0.0953. The fraction of sp³-hybridized carbons (Fsp3) is 0.0769. The minimum absolute atomic E-state index is 0.123. The molecule has 0 saturated heterocycles. The van der Waals surface area contributed by atoms with Gasteiger partial charge in [-0.3, -0.25) is 15.2 Å². The van der Waals surface area contributed by atoms with Gasteiger partial charge in [0.2, 0.25) is 0 Å². The third kappa shape index (κ3) is 3.07. The normalized spacial score (nSPS) is 10.2. The van der Waals surface area contributed by atoms with E-state index >= 15 is 0 Å². The molecular weight excluding hydrogens is 268 g/mol. The number of para-hydroxylation sites is 1. The Labute approximate surface area is 113 Å². The fourth-order valence-corrected chi connectivity index (χ4v) is 1.49. The first-order chi connectivity index (χ1) is 9.61. The molecule has 5 nitrogen and oxygen atoms in total. The summed E-state index contributed by atoms with van der Waals surface area (Å²) >= 11 is 0. The predicted octanol–water partition coefficient (Wildman–Crippen LogP) is 1.54. The largest absolute Gasteiger partial charge is 0.481 e. The molecule has 0 spiro atoms. The first-order valence-corrected chi connectivity index (χ1v) is 5.64. The highest BCUT2D eigenvalue weighted by Gasteiger charge is 2.10. The number of ether oxygens (including phenoxy) is 1. The van der Waals surface area contributed by atoms with Gasteiger partial charge in [0.1, 0.15) is 6.61 Å². The Morgan fingerprint density at radius 1 is 1.25 bits per heavy atom. The van der Waals surface area contributed by atoms with Gasteiger partial charge in [-0.15, -0.1) is 0 Å². The molecule has 104 valence electrons. The van der Waals surface area contributed by atoms with Crippen LogP contribution in [0.5, 0.6) is 5.75 Å². The van der Waals surface area contributed by atoms with Crippen LogP contribution in [0.1, 0.15) is 16.1 Å². The molecule has 0 unspecified atom stereocenters. The number of rotatable bonds is 4. The van der Waals surface area contributed by atoms with Gasteiger partial charge in [-0.25, -0.2) is 14.6 Å². The number of nitrogens with one attached hydrogen (secondary N) is 1. The number of nitrogen functional groups attached to an aromatic ring is 1.